The zero-order chi connectivity index (χ0) is 21.9. The van der Waals surface area contributed by atoms with Gasteiger partial charge in [0, 0.05) is 36.6 Å². The second kappa shape index (κ2) is 7.19. The van der Waals surface area contributed by atoms with Gasteiger partial charge in [0.2, 0.25) is 0 Å². The molecule has 0 spiro atoms. The minimum absolute atomic E-state index is 1.08. The Morgan fingerprint density at radius 2 is 1.55 bits per heavy atom. The predicted molar refractivity (Wildman–Crippen MR) is 145 cm³/mol. The summed E-state index contributed by atoms with van der Waals surface area (Å²) in [6, 6.07) is 29.4. The zero-order valence-corrected chi connectivity index (χ0v) is 19.3. The first-order valence-corrected chi connectivity index (χ1v) is 12.4. The van der Waals surface area contributed by atoms with Gasteiger partial charge in [0.15, 0.2) is 0 Å². The van der Waals surface area contributed by atoms with Crippen LogP contribution in [0.2, 0.25) is 0 Å². The lowest BCUT2D eigenvalue weighted by atomic mass is 10.0. The van der Waals surface area contributed by atoms with E-state index in [0.29, 0.717) is 0 Å². The van der Waals surface area contributed by atoms with Crippen LogP contribution in [-0.2, 0) is 0 Å². The van der Waals surface area contributed by atoms with Crippen LogP contribution in [0.15, 0.2) is 97.1 Å². The molecule has 0 fully saturated rings. The highest BCUT2D eigenvalue weighted by Gasteiger charge is 2.15. The van der Waals surface area contributed by atoms with Gasteiger partial charge >= 0.3 is 0 Å². The molecule has 4 aromatic carbocycles. The second-order valence-electron chi connectivity index (χ2n) is 8.97. The maximum absolute atomic E-state index is 2.45. The molecule has 33 heavy (non-hydrogen) atoms. The van der Waals surface area contributed by atoms with Gasteiger partial charge < -0.3 is 4.57 Å². The Balaban J connectivity index is 1.45. The maximum atomic E-state index is 2.45. The van der Waals surface area contributed by atoms with Gasteiger partial charge in [-0.2, -0.15) is 0 Å². The number of aryl methyl sites for hydroxylation is 1. The van der Waals surface area contributed by atoms with Gasteiger partial charge in [-0.3, -0.25) is 0 Å². The Hall–Kier alpha value is -3.62. The minimum Gasteiger partial charge on any atom is -0.313 e. The highest BCUT2D eigenvalue weighted by atomic mass is 32.1. The second-order valence-corrected chi connectivity index (χ2v) is 10.0. The Bertz CT molecular complexity index is 1770. The fourth-order valence-electron chi connectivity index (χ4n) is 5.36. The van der Waals surface area contributed by atoms with Gasteiger partial charge in [-0.05, 0) is 66.8 Å². The summed E-state index contributed by atoms with van der Waals surface area (Å²) >= 11 is 1.91. The molecule has 0 bridgehead atoms. The first kappa shape index (κ1) is 18.9. The summed E-state index contributed by atoms with van der Waals surface area (Å²) in [4.78, 5) is 0. The molecule has 0 radical (unpaired) electrons. The van der Waals surface area contributed by atoms with Crippen molar-refractivity contribution in [1.82, 2.24) is 4.57 Å². The number of fused-ring (bicyclic) bond motifs is 6. The molecule has 2 aromatic heterocycles. The molecule has 1 aliphatic carbocycles. The third kappa shape index (κ3) is 2.84. The van der Waals surface area contributed by atoms with Crippen LogP contribution in [0.25, 0.3) is 58.8 Å². The number of benzene rings is 4. The van der Waals surface area contributed by atoms with Crippen molar-refractivity contribution in [3.8, 4) is 11.1 Å². The Morgan fingerprint density at radius 3 is 2.45 bits per heavy atom. The van der Waals surface area contributed by atoms with Gasteiger partial charge in [0.1, 0.15) is 0 Å². The standard InChI is InChI=1S/C31H23NS/c1-20-8-7-12-26-25-16-14-22(19-30(25)33-31(20)26)21-15-17-29-27(18-21)24-11-5-6-13-28(24)32(29)23-9-3-2-4-10-23/h2-3,5-9,11-19H,4,10H2,1H3. The number of thiophene rings is 1. The summed E-state index contributed by atoms with van der Waals surface area (Å²) in [6.07, 6.45) is 8.89. The maximum Gasteiger partial charge on any atom is 0.0538 e. The van der Waals surface area contributed by atoms with Crippen LogP contribution in [0.1, 0.15) is 18.4 Å². The smallest absolute Gasteiger partial charge is 0.0538 e. The molecule has 0 saturated heterocycles. The Morgan fingerprint density at radius 1 is 0.727 bits per heavy atom. The van der Waals surface area contributed by atoms with Crippen molar-refractivity contribution in [1.29, 1.82) is 0 Å². The first-order chi connectivity index (χ1) is 16.3. The summed E-state index contributed by atoms with van der Waals surface area (Å²) in [7, 11) is 0. The number of allylic oxidation sites excluding steroid dienone is 4. The first-order valence-electron chi connectivity index (χ1n) is 11.6. The van der Waals surface area contributed by atoms with Crippen LogP contribution in [-0.4, -0.2) is 4.57 Å². The fraction of sp³-hybridized carbons (Fsp3) is 0.0968. The monoisotopic (exact) mass is 441 g/mol. The SMILES string of the molecule is Cc1cccc2c1sc1cc(-c3ccc4c(c3)c3ccccc3n4C3=CC=CCC3)ccc12. The molecule has 1 nitrogen and oxygen atoms in total. The normalized spacial score (nSPS) is 14.0. The molecule has 2 heteroatoms. The third-order valence-corrected chi connectivity index (χ3v) is 8.28. The summed E-state index contributed by atoms with van der Waals surface area (Å²) in [6.45, 7) is 2.21. The minimum atomic E-state index is 1.08. The van der Waals surface area contributed by atoms with Crippen LogP contribution >= 0.6 is 11.3 Å². The van der Waals surface area contributed by atoms with Crippen LogP contribution in [0.3, 0.4) is 0 Å². The van der Waals surface area contributed by atoms with Crippen molar-refractivity contribution < 1.29 is 0 Å². The van der Waals surface area contributed by atoms with Crippen molar-refractivity contribution in [3.63, 3.8) is 0 Å². The number of nitrogens with zero attached hydrogens (tertiary/aromatic N) is 1. The van der Waals surface area contributed by atoms with Gasteiger partial charge in [-0.15, -0.1) is 11.3 Å². The van der Waals surface area contributed by atoms with Gasteiger partial charge in [-0.1, -0.05) is 66.7 Å². The third-order valence-electron chi connectivity index (χ3n) is 6.98. The van der Waals surface area contributed by atoms with Crippen LogP contribution < -0.4 is 0 Å². The molecule has 7 rings (SSSR count). The molecule has 0 amide bonds. The van der Waals surface area contributed by atoms with E-state index < -0.39 is 0 Å². The average Bonchev–Trinajstić information content (AvgIpc) is 3.40. The molecule has 2 heterocycles. The quantitative estimate of drug-likeness (QED) is 0.252. The Labute approximate surface area is 196 Å². The van der Waals surface area contributed by atoms with Crippen LogP contribution in [0.5, 0.6) is 0 Å². The molecule has 6 aromatic rings. The lowest BCUT2D eigenvalue weighted by molar-refractivity contribution is 0.979. The van der Waals surface area contributed by atoms with E-state index in [2.05, 4.69) is 109 Å². The molecule has 0 unspecified atom stereocenters. The molecule has 158 valence electrons. The van der Waals surface area contributed by atoms with Gasteiger partial charge in [-0.25, -0.2) is 0 Å². The fourth-order valence-corrected chi connectivity index (χ4v) is 6.57. The van der Waals surface area contributed by atoms with Gasteiger partial charge in [0.25, 0.3) is 0 Å². The summed E-state index contributed by atoms with van der Waals surface area (Å²) in [5, 5.41) is 5.38. The molecular weight excluding hydrogens is 418 g/mol. The van der Waals surface area contributed by atoms with E-state index in [1.807, 2.05) is 11.3 Å². The largest absolute Gasteiger partial charge is 0.313 e. The van der Waals surface area contributed by atoms with Crippen molar-refractivity contribution in [2.24, 2.45) is 0 Å². The number of aromatic nitrogens is 1. The summed E-state index contributed by atoms with van der Waals surface area (Å²) < 4.78 is 5.21. The van der Waals surface area contributed by atoms with E-state index in [-0.39, 0.29) is 0 Å². The number of para-hydroxylation sites is 1. The molecule has 1 aliphatic rings. The van der Waals surface area contributed by atoms with E-state index in [9.17, 15) is 0 Å². The molecular formula is C31H23NS. The van der Waals surface area contributed by atoms with E-state index in [1.165, 1.54) is 64.4 Å². The van der Waals surface area contributed by atoms with E-state index >= 15 is 0 Å². The van der Waals surface area contributed by atoms with Crippen molar-refractivity contribution >= 4 is 59.0 Å². The van der Waals surface area contributed by atoms with E-state index in [1.54, 1.807) is 0 Å². The van der Waals surface area contributed by atoms with Crippen molar-refractivity contribution in [2.45, 2.75) is 19.8 Å². The Kier molecular flexibility index (Phi) is 4.12. The number of hydrogen-bond donors (Lipinski definition) is 0. The predicted octanol–water partition coefficient (Wildman–Crippen LogP) is 9.33. The number of rotatable bonds is 2. The van der Waals surface area contributed by atoms with Crippen LogP contribution in [0, 0.1) is 6.92 Å². The zero-order valence-electron chi connectivity index (χ0n) is 18.5. The lowest BCUT2D eigenvalue weighted by Gasteiger charge is -2.14. The van der Waals surface area contributed by atoms with E-state index in [0.717, 1.165) is 12.8 Å². The van der Waals surface area contributed by atoms with E-state index in [4.69, 9.17) is 0 Å². The van der Waals surface area contributed by atoms with Crippen molar-refractivity contribution in [2.75, 3.05) is 0 Å². The molecule has 0 saturated carbocycles. The van der Waals surface area contributed by atoms with Crippen molar-refractivity contribution in [3.05, 3.63) is 103 Å². The lowest BCUT2D eigenvalue weighted by Crippen LogP contribution is -1.98. The molecule has 0 N–H and O–H groups in total. The number of hydrogen-bond acceptors (Lipinski definition) is 1. The molecule has 0 aliphatic heterocycles. The summed E-state index contributed by atoms with van der Waals surface area (Å²) in [5.41, 5.74) is 7.88. The highest BCUT2D eigenvalue weighted by molar-refractivity contribution is 7.26. The van der Waals surface area contributed by atoms with Gasteiger partial charge in [0.05, 0.1) is 11.0 Å². The highest BCUT2D eigenvalue weighted by Crippen LogP contribution is 2.40. The average molecular weight is 442 g/mol. The molecule has 0 atom stereocenters. The topological polar surface area (TPSA) is 4.93 Å². The summed E-state index contributed by atoms with van der Waals surface area (Å²) in [5.74, 6) is 0. The van der Waals surface area contributed by atoms with Crippen LogP contribution in [0.4, 0.5) is 0 Å².